The van der Waals surface area contributed by atoms with Gasteiger partial charge in [-0.15, -0.1) is 0 Å². The largest absolute Gasteiger partial charge is 0.378 e. The van der Waals surface area contributed by atoms with E-state index in [2.05, 4.69) is 10.2 Å². The van der Waals surface area contributed by atoms with Gasteiger partial charge in [0.15, 0.2) is 0 Å². The molecule has 1 N–H and O–H groups in total. The van der Waals surface area contributed by atoms with Crippen LogP contribution >= 0.6 is 0 Å². The van der Waals surface area contributed by atoms with E-state index in [1.165, 1.54) is 0 Å². The zero-order valence-corrected chi connectivity index (χ0v) is 12.6. The fraction of sp³-hybridized carbons (Fsp3) is 0.867. The maximum atomic E-state index is 12.3. The third-order valence-electron chi connectivity index (χ3n) is 4.52. The first-order valence-corrected chi connectivity index (χ1v) is 8.10. The van der Waals surface area contributed by atoms with Crippen molar-refractivity contribution in [2.75, 3.05) is 45.9 Å². The summed E-state index contributed by atoms with van der Waals surface area (Å²) >= 11 is 0. The highest BCUT2D eigenvalue weighted by molar-refractivity contribution is 5.80. The zero-order valence-electron chi connectivity index (χ0n) is 12.6. The van der Waals surface area contributed by atoms with Crippen LogP contribution in [-0.2, 0) is 14.3 Å². The van der Waals surface area contributed by atoms with E-state index >= 15 is 0 Å². The third kappa shape index (κ3) is 4.17. The van der Waals surface area contributed by atoms with E-state index in [1.54, 1.807) is 0 Å². The third-order valence-corrected chi connectivity index (χ3v) is 4.52. The van der Waals surface area contributed by atoms with E-state index in [0.717, 1.165) is 32.2 Å². The van der Waals surface area contributed by atoms with Crippen LogP contribution in [0.25, 0.3) is 0 Å². The van der Waals surface area contributed by atoms with Gasteiger partial charge in [0.2, 0.25) is 11.8 Å². The molecule has 0 bridgehead atoms. The van der Waals surface area contributed by atoms with Crippen molar-refractivity contribution < 1.29 is 14.3 Å². The minimum Gasteiger partial charge on any atom is -0.378 e. The second-order valence-corrected chi connectivity index (χ2v) is 6.35. The predicted molar refractivity (Wildman–Crippen MR) is 77.7 cm³/mol. The van der Waals surface area contributed by atoms with Gasteiger partial charge < -0.3 is 15.0 Å². The molecule has 0 aromatic rings. The summed E-state index contributed by atoms with van der Waals surface area (Å²) in [5.74, 6) is 0.402. The van der Waals surface area contributed by atoms with Gasteiger partial charge in [0.05, 0.1) is 25.7 Å². The Labute approximate surface area is 125 Å². The molecular weight excluding hydrogens is 270 g/mol. The summed E-state index contributed by atoms with van der Waals surface area (Å²) in [7, 11) is 0. The van der Waals surface area contributed by atoms with E-state index in [9.17, 15) is 9.59 Å². The van der Waals surface area contributed by atoms with Crippen molar-refractivity contribution >= 4 is 11.8 Å². The Morgan fingerprint density at radius 3 is 2.57 bits per heavy atom. The number of likely N-dealkylation sites (tertiary alicyclic amines) is 1. The highest BCUT2D eigenvalue weighted by atomic mass is 16.5. The normalized spacial score (nSPS) is 27.4. The monoisotopic (exact) mass is 295 g/mol. The fourth-order valence-electron chi connectivity index (χ4n) is 3.06. The average molecular weight is 295 g/mol. The van der Waals surface area contributed by atoms with Crippen molar-refractivity contribution in [3.63, 3.8) is 0 Å². The topological polar surface area (TPSA) is 61.9 Å². The van der Waals surface area contributed by atoms with E-state index in [0.29, 0.717) is 45.4 Å². The van der Waals surface area contributed by atoms with Crippen LogP contribution in [0.3, 0.4) is 0 Å². The van der Waals surface area contributed by atoms with Gasteiger partial charge in [-0.1, -0.05) is 0 Å². The lowest BCUT2D eigenvalue weighted by Crippen LogP contribution is -2.49. The number of hydrogen-bond acceptors (Lipinski definition) is 4. The van der Waals surface area contributed by atoms with Gasteiger partial charge >= 0.3 is 0 Å². The van der Waals surface area contributed by atoms with Crippen molar-refractivity contribution in [3.8, 4) is 0 Å². The van der Waals surface area contributed by atoms with Crippen LogP contribution in [-0.4, -0.2) is 73.6 Å². The SMILES string of the molecule is O=C(NC1CC1)C1CCCN(CC(=O)N2CCOCC2)C1. The van der Waals surface area contributed by atoms with Crippen LogP contribution in [0.1, 0.15) is 25.7 Å². The maximum absolute atomic E-state index is 12.3. The number of ether oxygens (including phenoxy) is 1. The number of carbonyl (C=O) groups excluding carboxylic acids is 2. The molecule has 2 aliphatic heterocycles. The predicted octanol–water partition coefficient (Wildman–Crippen LogP) is -0.164. The number of nitrogens with one attached hydrogen (secondary N) is 1. The first-order chi connectivity index (χ1) is 10.2. The first kappa shape index (κ1) is 14.8. The lowest BCUT2D eigenvalue weighted by molar-refractivity contribution is -0.138. The Morgan fingerprint density at radius 1 is 1.10 bits per heavy atom. The van der Waals surface area contributed by atoms with Crippen molar-refractivity contribution in [2.45, 2.75) is 31.7 Å². The van der Waals surface area contributed by atoms with Crippen LogP contribution in [0, 0.1) is 5.92 Å². The second kappa shape index (κ2) is 6.75. The minimum atomic E-state index is 0.0526. The van der Waals surface area contributed by atoms with Gasteiger partial charge in [0.1, 0.15) is 0 Å². The number of hydrogen-bond donors (Lipinski definition) is 1. The summed E-state index contributed by atoms with van der Waals surface area (Å²) in [5, 5.41) is 3.08. The Kier molecular flexibility index (Phi) is 4.75. The van der Waals surface area contributed by atoms with Gasteiger partial charge in [0.25, 0.3) is 0 Å². The molecule has 3 rings (SSSR count). The number of amides is 2. The molecule has 21 heavy (non-hydrogen) atoms. The lowest BCUT2D eigenvalue weighted by atomic mass is 9.97. The lowest BCUT2D eigenvalue weighted by Gasteiger charge is -2.34. The van der Waals surface area contributed by atoms with E-state index in [1.807, 2.05) is 4.90 Å². The van der Waals surface area contributed by atoms with Crippen LogP contribution in [0.15, 0.2) is 0 Å². The Morgan fingerprint density at radius 2 is 1.86 bits per heavy atom. The van der Waals surface area contributed by atoms with Gasteiger partial charge in [-0.2, -0.15) is 0 Å². The molecule has 2 heterocycles. The molecule has 1 atom stereocenters. The fourth-order valence-corrected chi connectivity index (χ4v) is 3.06. The first-order valence-electron chi connectivity index (χ1n) is 8.10. The summed E-state index contributed by atoms with van der Waals surface area (Å²) in [6.07, 6.45) is 4.19. The van der Waals surface area contributed by atoms with Gasteiger partial charge in [-0.25, -0.2) is 0 Å². The maximum Gasteiger partial charge on any atom is 0.236 e. The summed E-state index contributed by atoms with van der Waals surface area (Å²) in [5.41, 5.74) is 0. The van der Waals surface area contributed by atoms with Gasteiger partial charge in [0, 0.05) is 25.7 Å². The minimum absolute atomic E-state index is 0.0526. The molecule has 0 spiro atoms. The molecule has 2 amide bonds. The summed E-state index contributed by atoms with van der Waals surface area (Å²) in [6.45, 7) is 4.73. The van der Waals surface area contributed by atoms with Crippen LogP contribution in [0.4, 0.5) is 0 Å². The van der Waals surface area contributed by atoms with E-state index in [-0.39, 0.29) is 17.7 Å². The molecule has 1 aliphatic carbocycles. The number of piperidine rings is 1. The van der Waals surface area contributed by atoms with Gasteiger partial charge in [-0.05, 0) is 32.2 Å². The molecule has 1 saturated carbocycles. The Balaban J connectivity index is 1.46. The highest BCUT2D eigenvalue weighted by Crippen LogP contribution is 2.22. The Bertz CT molecular complexity index is 392. The van der Waals surface area contributed by atoms with E-state index in [4.69, 9.17) is 4.74 Å². The molecule has 118 valence electrons. The number of carbonyl (C=O) groups is 2. The van der Waals surface area contributed by atoms with E-state index < -0.39 is 0 Å². The molecule has 1 unspecified atom stereocenters. The number of morpholine rings is 1. The van der Waals surface area contributed by atoms with Crippen LogP contribution in [0.5, 0.6) is 0 Å². The van der Waals surface area contributed by atoms with Crippen molar-refractivity contribution in [1.82, 2.24) is 15.1 Å². The molecule has 0 aromatic heterocycles. The van der Waals surface area contributed by atoms with Crippen molar-refractivity contribution in [3.05, 3.63) is 0 Å². The van der Waals surface area contributed by atoms with Crippen molar-refractivity contribution in [2.24, 2.45) is 5.92 Å². The molecule has 3 fully saturated rings. The standard InChI is InChI=1S/C15H25N3O3/c19-14(18-6-8-21-9-7-18)11-17-5-1-2-12(10-17)15(20)16-13-3-4-13/h12-13H,1-11H2,(H,16,20). The molecular formula is C15H25N3O3. The Hall–Kier alpha value is -1.14. The quantitative estimate of drug-likeness (QED) is 0.782. The van der Waals surface area contributed by atoms with Crippen molar-refractivity contribution in [1.29, 1.82) is 0 Å². The molecule has 0 aromatic carbocycles. The molecule has 2 saturated heterocycles. The zero-order chi connectivity index (χ0) is 14.7. The highest BCUT2D eigenvalue weighted by Gasteiger charge is 2.31. The summed E-state index contributed by atoms with van der Waals surface area (Å²) in [4.78, 5) is 28.4. The van der Waals surface area contributed by atoms with Crippen LogP contribution in [0.2, 0.25) is 0 Å². The average Bonchev–Trinajstić information content (AvgIpc) is 3.32. The molecule has 6 heteroatoms. The number of nitrogens with zero attached hydrogens (tertiary/aromatic N) is 2. The number of rotatable bonds is 4. The molecule has 3 aliphatic rings. The molecule has 0 radical (unpaired) electrons. The smallest absolute Gasteiger partial charge is 0.236 e. The second-order valence-electron chi connectivity index (χ2n) is 6.35. The van der Waals surface area contributed by atoms with Gasteiger partial charge in [-0.3, -0.25) is 14.5 Å². The summed E-state index contributed by atoms with van der Waals surface area (Å²) < 4.78 is 5.27. The summed E-state index contributed by atoms with van der Waals surface area (Å²) in [6, 6.07) is 0.419. The molecule has 6 nitrogen and oxygen atoms in total. The van der Waals surface area contributed by atoms with Crippen LogP contribution < -0.4 is 5.32 Å².